The molecule has 1 aromatic heterocycles. The zero-order valence-corrected chi connectivity index (χ0v) is 11.1. The fraction of sp³-hybridized carbons (Fsp3) is 0.118. The molecule has 0 bridgehead atoms. The molecule has 1 heterocycles. The smallest absolute Gasteiger partial charge is 0.126 e. The van der Waals surface area contributed by atoms with E-state index in [1.807, 2.05) is 36.4 Å². The van der Waals surface area contributed by atoms with Gasteiger partial charge in [0.25, 0.3) is 0 Å². The van der Waals surface area contributed by atoms with E-state index in [1.165, 1.54) is 5.56 Å². The summed E-state index contributed by atoms with van der Waals surface area (Å²) in [7, 11) is 0. The van der Waals surface area contributed by atoms with Gasteiger partial charge in [-0.1, -0.05) is 30.3 Å². The first-order valence-corrected chi connectivity index (χ1v) is 6.69. The zero-order chi connectivity index (χ0) is 13.8. The Morgan fingerprint density at radius 3 is 2.55 bits per heavy atom. The van der Waals surface area contributed by atoms with Crippen molar-refractivity contribution >= 4 is 16.7 Å². The minimum Gasteiger partial charge on any atom is -0.508 e. The van der Waals surface area contributed by atoms with Gasteiger partial charge in [0, 0.05) is 11.9 Å². The number of nitrogens with one attached hydrogen (secondary N) is 1. The minimum absolute atomic E-state index is 0.304. The lowest BCUT2D eigenvalue weighted by molar-refractivity contribution is 0.475. The van der Waals surface area contributed by atoms with Crippen LogP contribution in [0.25, 0.3) is 10.9 Å². The Morgan fingerprint density at radius 1 is 0.900 bits per heavy atom. The summed E-state index contributed by atoms with van der Waals surface area (Å²) < 4.78 is 0. The van der Waals surface area contributed by atoms with Crippen LogP contribution >= 0.6 is 0 Å². The lowest BCUT2D eigenvalue weighted by Gasteiger charge is -2.07. The van der Waals surface area contributed by atoms with Crippen molar-refractivity contribution in [2.75, 3.05) is 11.9 Å². The van der Waals surface area contributed by atoms with Crippen LogP contribution in [0, 0.1) is 0 Å². The molecule has 0 radical (unpaired) electrons. The number of pyridine rings is 1. The third-order valence-corrected chi connectivity index (χ3v) is 3.25. The fourth-order valence-corrected chi connectivity index (χ4v) is 2.16. The number of aromatic hydroxyl groups is 1. The van der Waals surface area contributed by atoms with Crippen molar-refractivity contribution < 1.29 is 5.11 Å². The monoisotopic (exact) mass is 264 g/mol. The van der Waals surface area contributed by atoms with E-state index in [2.05, 4.69) is 22.4 Å². The Bertz CT molecular complexity index is 708. The van der Waals surface area contributed by atoms with Gasteiger partial charge in [0.15, 0.2) is 0 Å². The van der Waals surface area contributed by atoms with Crippen molar-refractivity contribution in [2.24, 2.45) is 0 Å². The molecule has 2 aromatic carbocycles. The number of fused-ring (bicyclic) bond motifs is 1. The number of phenolic OH excluding ortho intramolecular Hbond substituents is 1. The summed E-state index contributed by atoms with van der Waals surface area (Å²) in [6, 6.07) is 19.5. The number of hydrogen-bond acceptors (Lipinski definition) is 3. The lowest BCUT2D eigenvalue weighted by Crippen LogP contribution is -2.06. The average Bonchev–Trinajstić information content (AvgIpc) is 2.49. The van der Waals surface area contributed by atoms with E-state index in [0.29, 0.717) is 5.75 Å². The topological polar surface area (TPSA) is 45.1 Å². The van der Waals surface area contributed by atoms with Gasteiger partial charge in [-0.2, -0.15) is 0 Å². The van der Waals surface area contributed by atoms with Crippen molar-refractivity contribution in [1.82, 2.24) is 4.98 Å². The van der Waals surface area contributed by atoms with Gasteiger partial charge >= 0.3 is 0 Å². The molecule has 0 fully saturated rings. The highest BCUT2D eigenvalue weighted by molar-refractivity contribution is 5.80. The first-order valence-electron chi connectivity index (χ1n) is 6.69. The normalized spacial score (nSPS) is 10.6. The number of nitrogens with zero attached hydrogens (tertiary/aromatic N) is 1. The minimum atomic E-state index is 0.304. The summed E-state index contributed by atoms with van der Waals surface area (Å²) in [4.78, 5) is 4.57. The van der Waals surface area contributed by atoms with Gasteiger partial charge in [-0.3, -0.25) is 0 Å². The van der Waals surface area contributed by atoms with Crippen LogP contribution in [0.5, 0.6) is 5.75 Å². The molecule has 0 atom stereocenters. The van der Waals surface area contributed by atoms with Crippen molar-refractivity contribution in [2.45, 2.75) is 6.42 Å². The van der Waals surface area contributed by atoms with E-state index in [0.717, 1.165) is 29.7 Å². The van der Waals surface area contributed by atoms with Crippen molar-refractivity contribution in [3.8, 4) is 5.75 Å². The molecule has 0 saturated heterocycles. The molecule has 3 nitrogen and oxygen atoms in total. The SMILES string of the molecule is Oc1ccc(CCNc2ccc3ccccc3n2)cc1. The second kappa shape index (κ2) is 5.61. The maximum absolute atomic E-state index is 9.24. The Hall–Kier alpha value is -2.55. The average molecular weight is 264 g/mol. The third kappa shape index (κ3) is 2.88. The van der Waals surface area contributed by atoms with Gasteiger partial charge in [-0.05, 0) is 42.3 Å². The molecule has 20 heavy (non-hydrogen) atoms. The van der Waals surface area contributed by atoms with Gasteiger partial charge in [-0.25, -0.2) is 4.98 Å². The van der Waals surface area contributed by atoms with Crippen LogP contribution in [0.3, 0.4) is 0 Å². The van der Waals surface area contributed by atoms with E-state index in [1.54, 1.807) is 12.1 Å². The fourth-order valence-electron chi connectivity index (χ4n) is 2.16. The predicted molar refractivity (Wildman–Crippen MR) is 82.0 cm³/mol. The third-order valence-electron chi connectivity index (χ3n) is 3.25. The van der Waals surface area contributed by atoms with Crippen LogP contribution in [0.4, 0.5) is 5.82 Å². The molecule has 0 aliphatic heterocycles. The molecule has 3 rings (SSSR count). The van der Waals surface area contributed by atoms with E-state index >= 15 is 0 Å². The molecule has 0 amide bonds. The van der Waals surface area contributed by atoms with E-state index in [-0.39, 0.29) is 0 Å². The number of aromatic nitrogens is 1. The maximum atomic E-state index is 9.24. The van der Waals surface area contributed by atoms with Gasteiger partial charge in [0.1, 0.15) is 11.6 Å². The van der Waals surface area contributed by atoms with Gasteiger partial charge in [-0.15, -0.1) is 0 Å². The summed E-state index contributed by atoms with van der Waals surface area (Å²) in [5, 5.41) is 13.7. The Kier molecular flexibility index (Phi) is 3.50. The summed E-state index contributed by atoms with van der Waals surface area (Å²) in [6.45, 7) is 0.816. The van der Waals surface area contributed by atoms with E-state index in [4.69, 9.17) is 0 Å². The quantitative estimate of drug-likeness (QED) is 0.757. The second-order valence-corrected chi connectivity index (χ2v) is 4.73. The molecule has 0 unspecified atom stereocenters. The maximum Gasteiger partial charge on any atom is 0.126 e. The zero-order valence-electron chi connectivity index (χ0n) is 11.1. The number of rotatable bonds is 4. The van der Waals surface area contributed by atoms with Crippen LogP contribution in [0.2, 0.25) is 0 Å². The Labute approximate surface area is 117 Å². The van der Waals surface area contributed by atoms with Crippen molar-refractivity contribution in [3.05, 3.63) is 66.2 Å². The van der Waals surface area contributed by atoms with Crippen molar-refractivity contribution in [3.63, 3.8) is 0 Å². The molecule has 100 valence electrons. The van der Waals surface area contributed by atoms with Crippen LogP contribution in [-0.4, -0.2) is 16.6 Å². The number of para-hydroxylation sites is 1. The van der Waals surface area contributed by atoms with Crippen LogP contribution < -0.4 is 5.32 Å². The molecule has 3 aromatic rings. The number of hydrogen-bond donors (Lipinski definition) is 2. The largest absolute Gasteiger partial charge is 0.508 e. The highest BCUT2D eigenvalue weighted by Crippen LogP contribution is 2.15. The number of phenols is 1. The Morgan fingerprint density at radius 2 is 1.70 bits per heavy atom. The molecular formula is C17H16N2O. The molecule has 0 aliphatic carbocycles. The number of benzene rings is 2. The van der Waals surface area contributed by atoms with Gasteiger partial charge in [0.2, 0.25) is 0 Å². The van der Waals surface area contributed by atoms with E-state index < -0.39 is 0 Å². The highest BCUT2D eigenvalue weighted by atomic mass is 16.3. The summed E-state index contributed by atoms with van der Waals surface area (Å²) >= 11 is 0. The van der Waals surface area contributed by atoms with Crippen molar-refractivity contribution in [1.29, 1.82) is 0 Å². The van der Waals surface area contributed by atoms with Gasteiger partial charge < -0.3 is 10.4 Å². The second-order valence-electron chi connectivity index (χ2n) is 4.73. The molecule has 2 N–H and O–H groups in total. The summed E-state index contributed by atoms with van der Waals surface area (Å²) in [6.07, 6.45) is 0.898. The molecule has 0 spiro atoms. The highest BCUT2D eigenvalue weighted by Gasteiger charge is 1.98. The standard InChI is InChI=1S/C17H16N2O/c20-15-8-5-13(6-9-15)11-12-18-17-10-7-14-3-1-2-4-16(14)19-17/h1-10,20H,11-12H2,(H,18,19). The molecule has 0 saturated carbocycles. The van der Waals surface area contributed by atoms with Crippen LogP contribution in [-0.2, 0) is 6.42 Å². The Balaban J connectivity index is 1.63. The lowest BCUT2D eigenvalue weighted by atomic mass is 10.1. The van der Waals surface area contributed by atoms with Crippen LogP contribution in [0.1, 0.15) is 5.56 Å². The van der Waals surface area contributed by atoms with Crippen LogP contribution in [0.15, 0.2) is 60.7 Å². The first-order chi connectivity index (χ1) is 9.81. The van der Waals surface area contributed by atoms with Gasteiger partial charge in [0.05, 0.1) is 5.52 Å². The molecular weight excluding hydrogens is 248 g/mol. The predicted octanol–water partition coefficient (Wildman–Crippen LogP) is 3.60. The number of anilines is 1. The summed E-state index contributed by atoms with van der Waals surface area (Å²) in [5.74, 6) is 1.19. The van der Waals surface area contributed by atoms with E-state index in [9.17, 15) is 5.11 Å². The molecule has 3 heteroatoms. The molecule has 0 aliphatic rings. The first kappa shape index (κ1) is 12.5. The summed E-state index contributed by atoms with van der Waals surface area (Å²) in [5.41, 5.74) is 2.19.